The molecule has 0 unspecified atom stereocenters. The van der Waals surface area contributed by atoms with Gasteiger partial charge in [-0.25, -0.2) is 9.71 Å². The zero-order valence-corrected chi connectivity index (χ0v) is 27.2. The van der Waals surface area contributed by atoms with Gasteiger partial charge in [-0.15, -0.1) is 15.3 Å². The molecular weight excluding hydrogens is 679 g/mol. The van der Waals surface area contributed by atoms with Crippen molar-refractivity contribution in [2.24, 2.45) is 20.5 Å². The number of aromatic nitrogens is 1. The Bertz CT molecular complexity index is 2600. The SMILES string of the molecule is Cc1ccc2cc(S(=O)(=O)O)c(N=Nc3ccc(N=Nc4ccc(Nc5cc(F)cc[n+]5F)cc4C)c4cc(S(=O)(=O)O)ccc34)cc2c1. The molecule has 0 saturated heterocycles. The molecule has 0 aliphatic carbocycles. The Morgan fingerprint density at radius 1 is 0.653 bits per heavy atom. The van der Waals surface area contributed by atoms with Gasteiger partial charge in [0, 0.05) is 21.3 Å². The summed E-state index contributed by atoms with van der Waals surface area (Å²) in [5.41, 5.74) is 2.65. The fourth-order valence-electron chi connectivity index (χ4n) is 5.06. The van der Waals surface area contributed by atoms with Crippen molar-refractivity contribution in [1.82, 2.24) is 0 Å². The average Bonchev–Trinajstić information content (AvgIpc) is 3.03. The van der Waals surface area contributed by atoms with Gasteiger partial charge in [0.2, 0.25) is 0 Å². The molecular formula is C33H25F2N6O6S2+. The molecule has 0 radical (unpaired) electrons. The molecule has 248 valence electrons. The second-order valence-electron chi connectivity index (χ2n) is 11.0. The van der Waals surface area contributed by atoms with Crippen LogP contribution in [0.4, 0.5) is 43.1 Å². The minimum absolute atomic E-state index is 0.126. The summed E-state index contributed by atoms with van der Waals surface area (Å²) in [7, 11) is -9.30. The Morgan fingerprint density at radius 2 is 1.33 bits per heavy atom. The van der Waals surface area contributed by atoms with Gasteiger partial charge in [-0.2, -0.15) is 21.9 Å². The molecule has 0 aliphatic rings. The van der Waals surface area contributed by atoms with E-state index in [1.54, 1.807) is 37.3 Å². The molecule has 0 atom stereocenters. The molecule has 1 aromatic heterocycles. The summed E-state index contributed by atoms with van der Waals surface area (Å²) in [5, 5.41) is 21.5. The Morgan fingerprint density at radius 3 is 2.02 bits per heavy atom. The zero-order chi connectivity index (χ0) is 35.1. The lowest BCUT2D eigenvalue weighted by molar-refractivity contribution is -0.831. The Hall–Kier alpha value is -5.55. The summed E-state index contributed by atoms with van der Waals surface area (Å²) < 4.78 is 95.7. The number of benzene rings is 5. The maximum absolute atomic E-state index is 14.0. The highest BCUT2D eigenvalue weighted by Crippen LogP contribution is 2.38. The van der Waals surface area contributed by atoms with Crippen molar-refractivity contribution in [3.05, 3.63) is 114 Å². The number of rotatable bonds is 8. The molecule has 0 aliphatic heterocycles. The predicted molar refractivity (Wildman–Crippen MR) is 178 cm³/mol. The quantitative estimate of drug-likeness (QED) is 0.105. The van der Waals surface area contributed by atoms with Crippen molar-refractivity contribution in [2.75, 3.05) is 5.32 Å². The number of hydrogen-bond donors (Lipinski definition) is 3. The van der Waals surface area contributed by atoms with E-state index >= 15 is 0 Å². The number of halogens is 2. The number of anilines is 2. The standard InChI is InChI=1S/C33H24F2N6O6S2/c1-19-3-4-21-16-32(49(45,46)47)31(15-22(21)13-19)40-38-29-9-10-30(27-18-25(48(42,43)44)6-7-26(27)29)39-37-28-8-5-24(14-20(28)2)36-33-17-23(34)11-12-41(33)35/h3-18H,1-2H3,(H2,42,43,44,45,46,47)/p+1. The van der Waals surface area contributed by atoms with Crippen LogP contribution in [0.5, 0.6) is 0 Å². The number of azo groups is 2. The normalized spacial score (nSPS) is 12.4. The molecule has 0 saturated carbocycles. The largest absolute Gasteiger partial charge is 0.318 e. The fraction of sp³-hybridized carbons (Fsp3) is 0.0606. The highest BCUT2D eigenvalue weighted by Gasteiger charge is 2.19. The second-order valence-corrected chi connectivity index (χ2v) is 13.8. The molecule has 3 N–H and O–H groups in total. The van der Waals surface area contributed by atoms with Crippen LogP contribution in [0.2, 0.25) is 0 Å². The van der Waals surface area contributed by atoms with Crippen LogP contribution in [-0.2, 0) is 20.2 Å². The fourth-order valence-corrected chi connectivity index (χ4v) is 6.20. The van der Waals surface area contributed by atoms with Gasteiger partial charge in [0.05, 0.1) is 28.0 Å². The van der Waals surface area contributed by atoms with Crippen molar-refractivity contribution in [3.8, 4) is 0 Å². The first-order valence-corrected chi connectivity index (χ1v) is 17.2. The summed E-state index contributed by atoms with van der Waals surface area (Å²) in [6, 6.07) is 21.6. The van der Waals surface area contributed by atoms with Gasteiger partial charge in [-0.05, 0) is 89.6 Å². The van der Waals surface area contributed by atoms with Crippen LogP contribution in [0.1, 0.15) is 11.1 Å². The number of aryl methyl sites for hydroxylation is 2. The number of nitrogens with one attached hydrogen (secondary N) is 1. The van der Waals surface area contributed by atoms with Crippen molar-refractivity contribution in [1.29, 1.82) is 0 Å². The average molecular weight is 704 g/mol. The van der Waals surface area contributed by atoms with E-state index in [0.717, 1.165) is 30.0 Å². The highest BCUT2D eigenvalue weighted by atomic mass is 32.2. The van der Waals surface area contributed by atoms with Gasteiger partial charge in [0.1, 0.15) is 28.3 Å². The monoisotopic (exact) mass is 703 g/mol. The first-order valence-electron chi connectivity index (χ1n) is 14.3. The van der Waals surface area contributed by atoms with E-state index in [-0.39, 0.29) is 33.1 Å². The van der Waals surface area contributed by atoms with Crippen LogP contribution < -0.4 is 10.1 Å². The lowest BCUT2D eigenvalue weighted by atomic mass is 10.1. The van der Waals surface area contributed by atoms with Crippen LogP contribution in [0.15, 0.2) is 127 Å². The smallest absolute Gasteiger partial charge is 0.282 e. The molecule has 16 heteroatoms. The van der Waals surface area contributed by atoms with E-state index in [2.05, 4.69) is 25.8 Å². The molecule has 0 bridgehead atoms. The third-order valence-electron chi connectivity index (χ3n) is 7.46. The minimum atomic E-state index is -4.68. The van der Waals surface area contributed by atoms with E-state index in [4.69, 9.17) is 0 Å². The van der Waals surface area contributed by atoms with Gasteiger partial charge in [-0.3, -0.25) is 9.11 Å². The molecule has 5 aromatic carbocycles. The molecule has 6 aromatic rings. The Balaban J connectivity index is 1.39. The van der Waals surface area contributed by atoms with Gasteiger partial charge >= 0.3 is 5.82 Å². The summed E-state index contributed by atoms with van der Waals surface area (Å²) in [6.45, 7) is 3.59. The lowest BCUT2D eigenvalue weighted by Gasteiger charge is -2.08. The third-order valence-corrected chi connectivity index (χ3v) is 9.19. The van der Waals surface area contributed by atoms with E-state index in [9.17, 15) is 34.8 Å². The highest BCUT2D eigenvalue weighted by molar-refractivity contribution is 7.86. The first-order chi connectivity index (χ1) is 23.2. The van der Waals surface area contributed by atoms with Crippen LogP contribution in [0.3, 0.4) is 0 Å². The van der Waals surface area contributed by atoms with Crippen LogP contribution in [0, 0.1) is 19.7 Å². The van der Waals surface area contributed by atoms with Crippen molar-refractivity contribution in [2.45, 2.75) is 23.6 Å². The van der Waals surface area contributed by atoms with Gasteiger partial charge in [0.15, 0.2) is 0 Å². The maximum atomic E-state index is 14.0. The van der Waals surface area contributed by atoms with Crippen molar-refractivity contribution >= 4 is 76.0 Å². The van der Waals surface area contributed by atoms with Gasteiger partial charge in [-0.1, -0.05) is 29.8 Å². The van der Waals surface area contributed by atoms with E-state index < -0.39 is 35.8 Å². The van der Waals surface area contributed by atoms with Crippen LogP contribution in [0.25, 0.3) is 21.5 Å². The summed E-state index contributed by atoms with van der Waals surface area (Å²) in [6.07, 6.45) is 0.929. The van der Waals surface area contributed by atoms with E-state index in [1.165, 1.54) is 36.4 Å². The predicted octanol–water partition coefficient (Wildman–Crippen LogP) is 8.84. The summed E-state index contributed by atoms with van der Waals surface area (Å²) in [4.78, 5) is -0.636. The van der Waals surface area contributed by atoms with Crippen molar-refractivity contribution in [3.63, 3.8) is 0 Å². The van der Waals surface area contributed by atoms with Crippen molar-refractivity contribution < 1.29 is 39.6 Å². The molecule has 0 amide bonds. The van der Waals surface area contributed by atoms with Gasteiger partial charge in [0.25, 0.3) is 20.2 Å². The number of hydrogen-bond acceptors (Lipinski definition) is 9. The van der Waals surface area contributed by atoms with Gasteiger partial charge < -0.3 is 0 Å². The molecule has 12 nitrogen and oxygen atoms in total. The minimum Gasteiger partial charge on any atom is -0.282 e. The first kappa shape index (κ1) is 33.4. The zero-order valence-electron chi connectivity index (χ0n) is 25.6. The molecule has 0 spiro atoms. The molecule has 1 heterocycles. The summed E-state index contributed by atoms with van der Waals surface area (Å²) in [5.74, 6) is -0.751. The second kappa shape index (κ2) is 12.8. The number of fused-ring (bicyclic) bond motifs is 2. The Kier molecular flexibility index (Phi) is 8.72. The summed E-state index contributed by atoms with van der Waals surface area (Å²) >= 11 is 0. The van der Waals surface area contributed by atoms with Crippen LogP contribution >= 0.6 is 0 Å². The number of nitrogens with zero attached hydrogens (tertiary/aromatic N) is 5. The lowest BCUT2D eigenvalue weighted by Crippen LogP contribution is -2.26. The van der Waals surface area contributed by atoms with E-state index in [1.807, 2.05) is 13.0 Å². The number of pyridine rings is 1. The van der Waals surface area contributed by atoms with Crippen LogP contribution in [-0.4, -0.2) is 25.9 Å². The molecule has 0 fully saturated rings. The third kappa shape index (κ3) is 7.31. The Labute approximate surface area is 278 Å². The molecule has 49 heavy (non-hydrogen) atoms. The maximum Gasteiger partial charge on any atom is 0.318 e. The van der Waals surface area contributed by atoms with E-state index in [0.29, 0.717) is 33.1 Å². The topological polar surface area (TPSA) is 174 Å². The molecule has 6 rings (SSSR count).